The fraction of sp³-hybridized carbons (Fsp3) is 0.556. The third kappa shape index (κ3) is 2.95. The van der Waals surface area contributed by atoms with Gasteiger partial charge in [-0.3, -0.25) is 4.68 Å². The minimum atomic E-state index is -2.41. The zero-order valence-corrected chi connectivity index (χ0v) is 16.7. The van der Waals surface area contributed by atoms with E-state index in [0.717, 1.165) is 41.2 Å². The molecule has 1 spiro atoms. The number of hydrogen-bond donors (Lipinski definition) is 2. The first-order valence-electron chi connectivity index (χ1n) is 8.94. The largest absolute Gasteiger partial charge is 0.428 e. The average molecular weight is 377 g/mol. The quantitative estimate of drug-likeness (QED) is 0.750. The molecule has 4 atom stereocenters. The van der Waals surface area contributed by atoms with E-state index in [9.17, 15) is 4.80 Å². The molecular formula is C18H25ClN4OSi. The molecule has 7 heteroatoms. The van der Waals surface area contributed by atoms with Crippen molar-refractivity contribution in [3.8, 4) is 0 Å². The molecule has 1 aromatic heterocycles. The molecule has 2 aliphatic rings. The van der Waals surface area contributed by atoms with Gasteiger partial charge >= 0.3 is 0 Å². The van der Waals surface area contributed by atoms with Crippen LogP contribution in [0.3, 0.4) is 0 Å². The van der Waals surface area contributed by atoms with Gasteiger partial charge in [0.2, 0.25) is 8.32 Å². The van der Waals surface area contributed by atoms with Crippen LogP contribution in [0.25, 0.3) is 0 Å². The van der Waals surface area contributed by atoms with Crippen LogP contribution in [0.4, 0.5) is 0 Å². The molecule has 1 aromatic carbocycles. The number of piperidine rings is 1. The Morgan fingerprint density at radius 2 is 2.20 bits per heavy atom. The molecule has 4 rings (SSSR count). The van der Waals surface area contributed by atoms with Crippen molar-refractivity contribution in [1.29, 1.82) is 0 Å². The molecule has 0 bridgehead atoms. The highest BCUT2D eigenvalue weighted by Gasteiger charge is 2.49. The number of nitrogens with zero attached hydrogens (tertiary/aromatic N) is 3. The van der Waals surface area contributed by atoms with Gasteiger partial charge in [-0.25, -0.2) is 0 Å². The number of rotatable bonds is 1. The Labute approximate surface area is 154 Å². The van der Waals surface area contributed by atoms with Gasteiger partial charge in [-0.2, -0.15) is 0 Å². The third-order valence-corrected chi connectivity index (χ3v) is 9.01. The summed E-state index contributed by atoms with van der Waals surface area (Å²) in [5, 5.41) is 14.0. The van der Waals surface area contributed by atoms with E-state index in [1.54, 1.807) is 4.68 Å². The van der Waals surface area contributed by atoms with Crippen LogP contribution in [0.1, 0.15) is 43.5 Å². The lowest BCUT2D eigenvalue weighted by molar-refractivity contribution is 0.197. The van der Waals surface area contributed by atoms with Crippen LogP contribution in [0, 0.1) is 0 Å². The second-order valence-electron chi connectivity index (χ2n) is 8.09. The Morgan fingerprint density at radius 3 is 2.92 bits per heavy atom. The van der Waals surface area contributed by atoms with Crippen molar-refractivity contribution < 1.29 is 4.80 Å². The molecule has 0 saturated carbocycles. The normalized spacial score (nSPS) is 34.9. The molecule has 1 fully saturated rings. The topological polar surface area (TPSA) is 63.0 Å². The molecule has 25 heavy (non-hydrogen) atoms. The molecule has 5 nitrogen and oxygen atoms in total. The number of aryl methyl sites for hydroxylation is 1. The van der Waals surface area contributed by atoms with E-state index in [1.807, 2.05) is 31.9 Å². The Hall–Kier alpha value is -1.21. The van der Waals surface area contributed by atoms with E-state index in [2.05, 4.69) is 28.6 Å². The van der Waals surface area contributed by atoms with Crippen molar-refractivity contribution in [2.75, 3.05) is 0 Å². The highest BCUT2D eigenvalue weighted by molar-refractivity contribution is 6.85. The summed E-state index contributed by atoms with van der Waals surface area (Å²) in [7, 11) is -0.507. The second-order valence-corrected chi connectivity index (χ2v) is 12.1. The summed E-state index contributed by atoms with van der Waals surface area (Å²) in [6, 6.07) is 7.60. The van der Waals surface area contributed by atoms with Crippen LogP contribution in [0.5, 0.6) is 0 Å². The summed E-state index contributed by atoms with van der Waals surface area (Å²) in [5.41, 5.74) is 2.38. The fourth-order valence-electron chi connectivity index (χ4n) is 4.84. The Kier molecular flexibility index (Phi) is 4.07. The van der Waals surface area contributed by atoms with E-state index in [1.165, 1.54) is 5.56 Å². The summed E-state index contributed by atoms with van der Waals surface area (Å²) in [6.07, 6.45) is 5.08. The molecule has 2 aromatic rings. The summed E-state index contributed by atoms with van der Waals surface area (Å²) >= 11 is 6.27. The van der Waals surface area contributed by atoms with Crippen molar-refractivity contribution in [3.05, 3.63) is 40.7 Å². The molecular weight excluding hydrogens is 352 g/mol. The van der Waals surface area contributed by atoms with E-state index in [0.29, 0.717) is 6.04 Å². The zero-order valence-electron chi connectivity index (χ0n) is 15.0. The third-order valence-electron chi connectivity index (χ3n) is 5.98. The first kappa shape index (κ1) is 17.2. The monoisotopic (exact) mass is 376 g/mol. The fourth-order valence-corrected chi connectivity index (χ4v) is 7.73. The van der Waals surface area contributed by atoms with Gasteiger partial charge in [0.05, 0.1) is 11.7 Å². The van der Waals surface area contributed by atoms with Gasteiger partial charge in [-0.05, 0) is 67.1 Å². The Balaban J connectivity index is 1.78. The van der Waals surface area contributed by atoms with Crippen molar-refractivity contribution >= 4 is 25.1 Å². The maximum absolute atomic E-state index is 11.1. The van der Waals surface area contributed by atoms with Gasteiger partial charge in [0, 0.05) is 24.3 Å². The first-order chi connectivity index (χ1) is 11.8. The van der Waals surface area contributed by atoms with E-state index >= 15 is 0 Å². The van der Waals surface area contributed by atoms with Crippen LogP contribution < -0.4 is 10.5 Å². The Bertz CT molecular complexity index is 808. The molecule has 2 aliphatic heterocycles. The zero-order chi connectivity index (χ0) is 17.8. The number of hydrogen-bond acceptors (Lipinski definition) is 4. The van der Waals surface area contributed by atoms with Crippen LogP contribution in [-0.4, -0.2) is 34.1 Å². The van der Waals surface area contributed by atoms with Crippen molar-refractivity contribution in [2.45, 2.75) is 56.3 Å². The Morgan fingerprint density at radius 1 is 1.40 bits per heavy atom. The van der Waals surface area contributed by atoms with Gasteiger partial charge in [0.15, 0.2) is 0 Å². The average Bonchev–Trinajstić information content (AvgIpc) is 2.98. The van der Waals surface area contributed by atoms with Gasteiger partial charge in [-0.15, -0.1) is 5.10 Å². The van der Waals surface area contributed by atoms with Gasteiger partial charge in [0.25, 0.3) is 0 Å². The van der Waals surface area contributed by atoms with Crippen LogP contribution in [0.2, 0.25) is 17.6 Å². The van der Waals surface area contributed by atoms with Crippen LogP contribution in [-0.2, 0) is 12.5 Å². The lowest BCUT2D eigenvalue weighted by atomic mass is 9.66. The van der Waals surface area contributed by atoms with Gasteiger partial charge < -0.3 is 10.1 Å². The number of benzene rings is 1. The maximum Gasteiger partial charge on any atom is 0.217 e. The van der Waals surface area contributed by atoms with Crippen LogP contribution in [0.15, 0.2) is 24.4 Å². The SMILES string of the molecule is C[C@H]1CC2(CC[Si](C)(O)c3cc(Cl)ccc32)C[C@@H](c2cn(C)nn2)N1. The molecule has 0 radical (unpaired) electrons. The smallest absolute Gasteiger partial charge is 0.217 e. The van der Waals surface area contributed by atoms with Gasteiger partial charge in [0.1, 0.15) is 0 Å². The summed E-state index contributed by atoms with van der Waals surface area (Å²) in [5.74, 6) is 0. The predicted octanol–water partition coefficient (Wildman–Crippen LogP) is 2.40. The predicted molar refractivity (Wildman–Crippen MR) is 102 cm³/mol. The molecule has 2 unspecified atom stereocenters. The minimum absolute atomic E-state index is 0.0714. The van der Waals surface area contributed by atoms with Crippen molar-refractivity contribution in [3.63, 3.8) is 0 Å². The maximum atomic E-state index is 11.1. The standard InChI is InChI=1S/C18H25ClN4OSi/c1-12-9-18(10-15(20-12)16-11-23(2)22-21-16)6-7-25(3,24)17-8-13(19)4-5-14(17)18/h4-5,8,11-12,15,20,24H,6-7,9-10H2,1-3H3/t12-,15-,18?,25?/m0/s1. The van der Waals surface area contributed by atoms with Crippen molar-refractivity contribution in [1.82, 2.24) is 20.3 Å². The van der Waals surface area contributed by atoms with Crippen molar-refractivity contribution in [2.24, 2.45) is 7.05 Å². The lowest BCUT2D eigenvalue weighted by Crippen LogP contribution is -2.58. The first-order valence-corrected chi connectivity index (χ1v) is 12.0. The number of fused-ring (bicyclic) bond motifs is 2. The highest BCUT2D eigenvalue weighted by Crippen LogP contribution is 2.48. The molecule has 0 amide bonds. The van der Waals surface area contributed by atoms with E-state index in [4.69, 9.17) is 11.6 Å². The summed E-state index contributed by atoms with van der Waals surface area (Å²) in [6.45, 7) is 4.28. The minimum Gasteiger partial charge on any atom is -0.428 e. The summed E-state index contributed by atoms with van der Waals surface area (Å²) in [4.78, 5) is 11.1. The molecule has 3 heterocycles. The molecule has 1 saturated heterocycles. The van der Waals surface area contributed by atoms with Gasteiger partial charge in [-0.1, -0.05) is 22.9 Å². The molecule has 0 aliphatic carbocycles. The highest BCUT2D eigenvalue weighted by atomic mass is 35.5. The van der Waals surface area contributed by atoms with Crippen LogP contribution >= 0.6 is 11.6 Å². The number of aromatic nitrogens is 3. The lowest BCUT2D eigenvalue weighted by Gasteiger charge is -2.50. The second kappa shape index (κ2) is 5.91. The molecule has 2 N–H and O–H groups in total. The summed E-state index contributed by atoms with van der Waals surface area (Å²) < 4.78 is 1.76. The molecule has 134 valence electrons. The van der Waals surface area contributed by atoms with E-state index < -0.39 is 8.32 Å². The number of nitrogens with one attached hydrogen (secondary N) is 1. The number of halogens is 1. The van der Waals surface area contributed by atoms with E-state index in [-0.39, 0.29) is 11.5 Å².